The van der Waals surface area contributed by atoms with Crippen LogP contribution in [0.5, 0.6) is 0 Å². The van der Waals surface area contributed by atoms with Crippen molar-refractivity contribution in [1.82, 2.24) is 25.2 Å². The number of carbonyl (C=O) groups is 2. The number of hydrogen-bond donors (Lipinski definition) is 3. The van der Waals surface area contributed by atoms with Crippen molar-refractivity contribution in [3.8, 4) is 0 Å². The highest BCUT2D eigenvalue weighted by molar-refractivity contribution is 7.20. The van der Waals surface area contributed by atoms with Crippen LogP contribution in [0, 0.1) is 6.92 Å². The molecule has 2 heterocycles. The average molecular weight is 485 g/mol. The van der Waals surface area contributed by atoms with Gasteiger partial charge < -0.3 is 16.4 Å². The molecule has 0 aliphatic heterocycles. The summed E-state index contributed by atoms with van der Waals surface area (Å²) < 4.78 is 0. The second-order valence-electron chi connectivity index (χ2n) is 7.77. The summed E-state index contributed by atoms with van der Waals surface area (Å²) in [5.41, 5.74) is 7.65. The van der Waals surface area contributed by atoms with Crippen molar-refractivity contribution in [2.24, 2.45) is 5.73 Å². The van der Waals surface area contributed by atoms with E-state index < -0.39 is 5.91 Å². The molecular weight excluding hydrogens is 464 g/mol. The molecular formula is C24H20N8O2S. The molecule has 10 nitrogen and oxygen atoms in total. The Labute approximate surface area is 203 Å². The molecule has 2 aromatic heterocycles. The van der Waals surface area contributed by atoms with Crippen LogP contribution in [0.15, 0.2) is 66.7 Å². The topological polar surface area (TPSA) is 141 Å². The molecule has 2 amide bonds. The number of aromatic nitrogens is 5. The number of thiazole rings is 1. The Kier molecular flexibility index (Phi) is 5.90. The van der Waals surface area contributed by atoms with E-state index in [1.165, 1.54) is 4.80 Å². The maximum absolute atomic E-state index is 12.8. The Hall–Kier alpha value is -4.64. The number of carbonyl (C=O) groups excluding carboxylic acids is 2. The fraction of sp³-hybridized carbons (Fsp3) is 0.0833. The van der Waals surface area contributed by atoms with Gasteiger partial charge in [0.15, 0.2) is 16.6 Å². The van der Waals surface area contributed by atoms with Gasteiger partial charge in [0.05, 0.1) is 6.54 Å². The van der Waals surface area contributed by atoms with Gasteiger partial charge in [0.2, 0.25) is 0 Å². The van der Waals surface area contributed by atoms with E-state index in [1.807, 2.05) is 54.6 Å². The number of hydrogen-bond acceptors (Lipinski definition) is 8. The Bertz CT molecular complexity index is 1540. The van der Waals surface area contributed by atoms with Gasteiger partial charge in [0.1, 0.15) is 5.00 Å². The first kappa shape index (κ1) is 22.2. The van der Waals surface area contributed by atoms with E-state index in [9.17, 15) is 9.59 Å². The number of tetrazole rings is 1. The van der Waals surface area contributed by atoms with Gasteiger partial charge in [-0.05, 0) is 52.7 Å². The van der Waals surface area contributed by atoms with Gasteiger partial charge in [-0.25, -0.2) is 4.98 Å². The molecule has 4 N–H and O–H groups in total. The van der Waals surface area contributed by atoms with E-state index in [4.69, 9.17) is 5.73 Å². The molecule has 0 atom stereocenters. The van der Waals surface area contributed by atoms with Gasteiger partial charge in [-0.1, -0.05) is 53.8 Å². The number of amides is 2. The van der Waals surface area contributed by atoms with Crippen molar-refractivity contribution in [1.29, 1.82) is 0 Å². The summed E-state index contributed by atoms with van der Waals surface area (Å²) >= 11 is 1.14. The van der Waals surface area contributed by atoms with Crippen LogP contribution in [0.25, 0.3) is 10.8 Å². The molecule has 0 saturated heterocycles. The van der Waals surface area contributed by atoms with Crippen LogP contribution in [0.3, 0.4) is 0 Å². The smallest absolute Gasteiger partial charge is 0.270 e. The van der Waals surface area contributed by atoms with Crippen LogP contribution in [-0.2, 0) is 6.54 Å². The third-order valence-electron chi connectivity index (χ3n) is 5.18. The molecule has 0 radical (unpaired) electrons. The summed E-state index contributed by atoms with van der Waals surface area (Å²) in [7, 11) is 0. The molecule has 0 aliphatic rings. The third kappa shape index (κ3) is 4.99. The molecule has 0 saturated carbocycles. The summed E-state index contributed by atoms with van der Waals surface area (Å²) in [4.78, 5) is 30.6. The second-order valence-corrected chi connectivity index (χ2v) is 8.77. The number of nitrogens with one attached hydrogen (secondary N) is 2. The zero-order chi connectivity index (χ0) is 24.4. The zero-order valence-corrected chi connectivity index (χ0v) is 19.4. The van der Waals surface area contributed by atoms with Crippen LogP contribution in [-0.4, -0.2) is 37.0 Å². The molecule has 5 rings (SSSR count). The fourth-order valence-corrected chi connectivity index (χ4v) is 4.39. The number of fused-ring (bicyclic) bond motifs is 1. The minimum atomic E-state index is -0.728. The number of nitrogens with two attached hydrogens (primary N) is 1. The Morgan fingerprint density at radius 3 is 2.51 bits per heavy atom. The lowest BCUT2D eigenvalue weighted by atomic mass is 10.1. The molecule has 11 heteroatoms. The molecule has 3 aromatic carbocycles. The third-order valence-corrected chi connectivity index (χ3v) is 6.07. The molecule has 174 valence electrons. The zero-order valence-electron chi connectivity index (χ0n) is 18.6. The van der Waals surface area contributed by atoms with Crippen molar-refractivity contribution in [3.63, 3.8) is 0 Å². The van der Waals surface area contributed by atoms with Gasteiger partial charge in [0, 0.05) is 11.3 Å². The normalized spacial score (nSPS) is 10.9. The highest BCUT2D eigenvalue weighted by Crippen LogP contribution is 2.31. The summed E-state index contributed by atoms with van der Waals surface area (Å²) in [6, 6.07) is 20.9. The quantitative estimate of drug-likeness (QED) is 0.320. The van der Waals surface area contributed by atoms with Crippen molar-refractivity contribution in [2.45, 2.75) is 13.5 Å². The molecule has 35 heavy (non-hydrogen) atoms. The van der Waals surface area contributed by atoms with E-state index >= 15 is 0 Å². The van der Waals surface area contributed by atoms with Gasteiger partial charge in [-0.3, -0.25) is 9.59 Å². The summed E-state index contributed by atoms with van der Waals surface area (Å²) in [5.74, 6) is -0.519. The molecule has 0 aliphatic carbocycles. The lowest BCUT2D eigenvalue weighted by molar-refractivity contribution is 0.0997. The minimum Gasteiger partial charge on any atom is -0.364 e. The number of anilines is 3. The first-order valence-electron chi connectivity index (χ1n) is 10.7. The van der Waals surface area contributed by atoms with Crippen molar-refractivity contribution in [3.05, 3.63) is 89.4 Å². The lowest BCUT2D eigenvalue weighted by Crippen LogP contribution is -2.17. The Balaban J connectivity index is 1.31. The summed E-state index contributed by atoms with van der Waals surface area (Å²) in [6.07, 6.45) is 0. The van der Waals surface area contributed by atoms with E-state index in [0.29, 0.717) is 23.1 Å². The highest BCUT2D eigenvalue weighted by Gasteiger charge is 2.19. The molecule has 5 aromatic rings. The average Bonchev–Trinajstić information content (AvgIpc) is 3.45. The maximum atomic E-state index is 12.8. The largest absolute Gasteiger partial charge is 0.364 e. The first-order valence-corrected chi connectivity index (χ1v) is 11.5. The minimum absolute atomic E-state index is 0.00381. The van der Waals surface area contributed by atoms with Crippen LogP contribution in [0.2, 0.25) is 0 Å². The number of primary amides is 1. The molecule has 0 bridgehead atoms. The van der Waals surface area contributed by atoms with E-state index in [1.54, 1.807) is 19.1 Å². The summed E-state index contributed by atoms with van der Waals surface area (Å²) in [5, 5.41) is 20.8. The second kappa shape index (κ2) is 9.31. The Morgan fingerprint density at radius 1 is 1.03 bits per heavy atom. The van der Waals surface area contributed by atoms with E-state index in [-0.39, 0.29) is 16.6 Å². The first-order chi connectivity index (χ1) is 16.9. The fourth-order valence-electron chi connectivity index (χ4n) is 3.51. The number of nitrogens with zero attached hydrogens (tertiary/aromatic N) is 5. The van der Waals surface area contributed by atoms with Gasteiger partial charge >= 0.3 is 0 Å². The van der Waals surface area contributed by atoms with Crippen LogP contribution in [0.4, 0.5) is 15.8 Å². The van der Waals surface area contributed by atoms with Crippen molar-refractivity contribution >= 4 is 49.7 Å². The number of rotatable bonds is 7. The monoisotopic (exact) mass is 484 g/mol. The molecule has 0 unspecified atom stereocenters. The van der Waals surface area contributed by atoms with Gasteiger partial charge in [-0.2, -0.15) is 4.80 Å². The Morgan fingerprint density at radius 2 is 1.80 bits per heavy atom. The van der Waals surface area contributed by atoms with Gasteiger partial charge in [0.25, 0.3) is 11.8 Å². The van der Waals surface area contributed by atoms with Crippen molar-refractivity contribution in [2.75, 3.05) is 10.6 Å². The van der Waals surface area contributed by atoms with Crippen LogP contribution < -0.4 is 16.4 Å². The predicted octanol–water partition coefficient (Wildman–Crippen LogP) is 3.73. The number of aryl methyl sites for hydroxylation is 1. The standard InChI is InChI=1S/C24H20N8O2S/c1-14-29-31-32(30-14)13-15-6-8-17(9-7-15)22(34)28-23-20(21(25)33)27-24(35-23)26-19-11-10-16-4-2-3-5-18(16)12-19/h2-12H,13H2,1H3,(H2,25,33)(H,26,27)(H,28,34). The highest BCUT2D eigenvalue weighted by atomic mass is 32.1. The number of benzene rings is 3. The molecule has 0 spiro atoms. The maximum Gasteiger partial charge on any atom is 0.270 e. The summed E-state index contributed by atoms with van der Waals surface area (Å²) in [6.45, 7) is 2.20. The van der Waals surface area contributed by atoms with E-state index in [2.05, 4.69) is 31.0 Å². The van der Waals surface area contributed by atoms with Crippen LogP contribution >= 0.6 is 11.3 Å². The lowest BCUT2D eigenvalue weighted by Gasteiger charge is -2.05. The van der Waals surface area contributed by atoms with Crippen LogP contribution in [0.1, 0.15) is 32.2 Å². The predicted molar refractivity (Wildman–Crippen MR) is 134 cm³/mol. The SMILES string of the molecule is Cc1nnn(Cc2ccc(C(=O)Nc3sc(Nc4ccc5ccccc5c4)nc3C(N)=O)cc2)n1. The molecule has 0 fully saturated rings. The van der Waals surface area contributed by atoms with Gasteiger partial charge in [-0.15, -0.1) is 10.2 Å². The van der Waals surface area contributed by atoms with E-state index in [0.717, 1.165) is 33.4 Å². The van der Waals surface area contributed by atoms with Crippen molar-refractivity contribution < 1.29 is 9.59 Å².